The molecular weight excluding hydrogens is 278 g/mol. The summed E-state index contributed by atoms with van der Waals surface area (Å²) in [6.07, 6.45) is 0.841. The molecular formula is C14H22BrNO. The van der Waals surface area contributed by atoms with Crippen LogP contribution in [0.1, 0.15) is 43.4 Å². The predicted octanol–water partition coefficient (Wildman–Crippen LogP) is 3.78. The van der Waals surface area contributed by atoms with Gasteiger partial charge in [0, 0.05) is 10.5 Å². The maximum atomic E-state index is 5.92. The van der Waals surface area contributed by atoms with Gasteiger partial charge < -0.3 is 10.5 Å². The van der Waals surface area contributed by atoms with Gasteiger partial charge in [-0.2, -0.15) is 0 Å². The second-order valence-corrected chi connectivity index (χ2v) is 5.77. The van der Waals surface area contributed by atoms with Crippen LogP contribution >= 0.6 is 15.9 Å². The average molecular weight is 300 g/mol. The summed E-state index contributed by atoms with van der Waals surface area (Å²) in [5.74, 6) is 1.44. The molecule has 1 unspecified atom stereocenters. The van der Waals surface area contributed by atoms with Crippen LogP contribution in [0, 0.1) is 6.92 Å². The summed E-state index contributed by atoms with van der Waals surface area (Å²) in [4.78, 5) is 0. The van der Waals surface area contributed by atoms with E-state index in [-0.39, 0.29) is 6.04 Å². The highest BCUT2D eigenvalue weighted by atomic mass is 79.9. The van der Waals surface area contributed by atoms with Gasteiger partial charge in [0.05, 0.1) is 7.11 Å². The molecule has 0 saturated carbocycles. The maximum absolute atomic E-state index is 5.92. The van der Waals surface area contributed by atoms with Gasteiger partial charge in [-0.05, 0) is 48.9 Å². The number of methoxy groups -OCH3 is 1. The quantitative estimate of drug-likeness (QED) is 0.918. The van der Waals surface area contributed by atoms with E-state index in [1.54, 1.807) is 7.11 Å². The van der Waals surface area contributed by atoms with Crippen molar-refractivity contribution < 1.29 is 4.74 Å². The number of benzene rings is 1. The maximum Gasteiger partial charge on any atom is 0.125 e. The minimum atomic E-state index is 0.136. The zero-order valence-electron chi connectivity index (χ0n) is 11.3. The number of rotatable bonds is 4. The van der Waals surface area contributed by atoms with E-state index in [0.717, 1.165) is 16.6 Å². The van der Waals surface area contributed by atoms with E-state index in [1.165, 1.54) is 16.7 Å². The molecule has 0 saturated heterocycles. The molecule has 0 aliphatic heterocycles. The van der Waals surface area contributed by atoms with Gasteiger partial charge in [-0.3, -0.25) is 0 Å². The lowest BCUT2D eigenvalue weighted by atomic mass is 9.93. The summed E-state index contributed by atoms with van der Waals surface area (Å²) in [6.45, 7) is 8.48. The highest BCUT2D eigenvalue weighted by Crippen LogP contribution is 2.37. The summed E-state index contributed by atoms with van der Waals surface area (Å²) in [5.41, 5.74) is 9.61. The van der Waals surface area contributed by atoms with E-state index < -0.39 is 0 Å². The average Bonchev–Trinajstić information content (AvgIpc) is 2.23. The van der Waals surface area contributed by atoms with Gasteiger partial charge in [0.15, 0.2) is 0 Å². The molecule has 1 rings (SSSR count). The second-order valence-electron chi connectivity index (χ2n) is 4.92. The number of nitrogens with two attached hydrogens (primary N) is 1. The number of halogens is 1. The van der Waals surface area contributed by atoms with Crippen LogP contribution in [0.3, 0.4) is 0 Å². The molecule has 2 N–H and O–H groups in total. The van der Waals surface area contributed by atoms with E-state index in [2.05, 4.69) is 42.8 Å². The Morgan fingerprint density at radius 1 is 1.35 bits per heavy atom. The van der Waals surface area contributed by atoms with Crippen molar-refractivity contribution in [2.24, 2.45) is 5.73 Å². The van der Waals surface area contributed by atoms with Crippen LogP contribution in [0.15, 0.2) is 10.5 Å². The van der Waals surface area contributed by atoms with Crippen molar-refractivity contribution in [3.05, 3.63) is 27.2 Å². The first-order chi connectivity index (χ1) is 7.88. The number of hydrogen-bond acceptors (Lipinski definition) is 2. The Hall–Kier alpha value is -0.540. The minimum Gasteiger partial charge on any atom is -0.496 e. The molecule has 0 aromatic heterocycles. The molecule has 0 aliphatic rings. The molecule has 1 aromatic carbocycles. The summed E-state index contributed by atoms with van der Waals surface area (Å²) in [7, 11) is 1.74. The molecule has 17 heavy (non-hydrogen) atoms. The van der Waals surface area contributed by atoms with E-state index in [0.29, 0.717) is 5.92 Å². The van der Waals surface area contributed by atoms with Crippen molar-refractivity contribution in [1.29, 1.82) is 0 Å². The van der Waals surface area contributed by atoms with Crippen molar-refractivity contribution in [3.63, 3.8) is 0 Å². The van der Waals surface area contributed by atoms with Crippen LogP contribution in [-0.2, 0) is 6.42 Å². The molecule has 0 radical (unpaired) electrons. The van der Waals surface area contributed by atoms with Crippen molar-refractivity contribution >= 4 is 15.9 Å². The predicted molar refractivity (Wildman–Crippen MR) is 76.9 cm³/mol. The molecule has 0 fully saturated rings. The summed E-state index contributed by atoms with van der Waals surface area (Å²) < 4.78 is 6.73. The van der Waals surface area contributed by atoms with Crippen molar-refractivity contribution in [1.82, 2.24) is 0 Å². The van der Waals surface area contributed by atoms with Crippen LogP contribution < -0.4 is 10.5 Å². The lowest BCUT2D eigenvalue weighted by Gasteiger charge is -2.20. The van der Waals surface area contributed by atoms with Crippen LogP contribution in [0.5, 0.6) is 5.75 Å². The third kappa shape index (κ3) is 3.23. The Balaban J connectivity index is 3.42. The van der Waals surface area contributed by atoms with Crippen molar-refractivity contribution in [3.8, 4) is 5.75 Å². The van der Waals surface area contributed by atoms with Crippen molar-refractivity contribution in [2.75, 3.05) is 7.11 Å². The summed E-state index contributed by atoms with van der Waals surface area (Å²) in [6, 6.07) is 2.29. The molecule has 0 amide bonds. The Kier molecular flexibility index (Phi) is 5.02. The van der Waals surface area contributed by atoms with E-state index in [4.69, 9.17) is 10.5 Å². The van der Waals surface area contributed by atoms with Gasteiger partial charge in [0.2, 0.25) is 0 Å². The van der Waals surface area contributed by atoms with Gasteiger partial charge >= 0.3 is 0 Å². The van der Waals surface area contributed by atoms with Crippen LogP contribution in [0.25, 0.3) is 0 Å². The lowest BCUT2D eigenvalue weighted by Crippen LogP contribution is -2.19. The van der Waals surface area contributed by atoms with E-state index in [9.17, 15) is 0 Å². The SMILES string of the molecule is COc1c(C(C)C)cc(Br)c(C)c1CC(C)N. The first kappa shape index (κ1) is 14.5. The van der Waals surface area contributed by atoms with Gasteiger partial charge in [-0.25, -0.2) is 0 Å². The Morgan fingerprint density at radius 3 is 2.35 bits per heavy atom. The molecule has 0 bridgehead atoms. The van der Waals surface area contributed by atoms with Crippen LogP contribution in [0.4, 0.5) is 0 Å². The number of ether oxygens (including phenoxy) is 1. The third-order valence-electron chi connectivity index (χ3n) is 2.98. The minimum absolute atomic E-state index is 0.136. The largest absolute Gasteiger partial charge is 0.496 e. The summed E-state index contributed by atoms with van der Waals surface area (Å²) in [5, 5.41) is 0. The number of hydrogen-bond donors (Lipinski definition) is 1. The zero-order valence-corrected chi connectivity index (χ0v) is 12.9. The zero-order chi connectivity index (χ0) is 13.2. The lowest BCUT2D eigenvalue weighted by molar-refractivity contribution is 0.400. The highest BCUT2D eigenvalue weighted by molar-refractivity contribution is 9.10. The Bertz CT molecular complexity index is 400. The van der Waals surface area contributed by atoms with Gasteiger partial charge in [-0.15, -0.1) is 0 Å². The van der Waals surface area contributed by atoms with Gasteiger partial charge in [0.25, 0.3) is 0 Å². The van der Waals surface area contributed by atoms with Crippen molar-refractivity contribution in [2.45, 2.75) is 46.1 Å². The van der Waals surface area contributed by atoms with Crippen LogP contribution in [0.2, 0.25) is 0 Å². The standard InChI is InChI=1S/C14H22BrNO/c1-8(2)11-7-13(15)10(4)12(6-9(3)16)14(11)17-5/h7-9H,6,16H2,1-5H3. The Morgan fingerprint density at radius 2 is 1.94 bits per heavy atom. The molecule has 1 aromatic rings. The van der Waals surface area contributed by atoms with E-state index >= 15 is 0 Å². The molecule has 1 atom stereocenters. The topological polar surface area (TPSA) is 35.2 Å². The first-order valence-electron chi connectivity index (χ1n) is 5.99. The summed E-state index contributed by atoms with van der Waals surface area (Å²) >= 11 is 3.62. The normalized spacial score (nSPS) is 12.9. The molecule has 0 heterocycles. The molecule has 0 spiro atoms. The second kappa shape index (κ2) is 5.87. The highest BCUT2D eigenvalue weighted by Gasteiger charge is 2.17. The first-order valence-corrected chi connectivity index (χ1v) is 6.79. The Labute approximate surface area is 113 Å². The monoisotopic (exact) mass is 299 g/mol. The molecule has 2 nitrogen and oxygen atoms in total. The van der Waals surface area contributed by atoms with Gasteiger partial charge in [-0.1, -0.05) is 29.8 Å². The van der Waals surface area contributed by atoms with Gasteiger partial charge in [0.1, 0.15) is 5.75 Å². The van der Waals surface area contributed by atoms with E-state index in [1.807, 2.05) is 6.92 Å². The third-order valence-corrected chi connectivity index (χ3v) is 3.81. The molecule has 0 aliphatic carbocycles. The smallest absolute Gasteiger partial charge is 0.125 e. The fourth-order valence-corrected chi connectivity index (χ4v) is 2.52. The fraction of sp³-hybridized carbons (Fsp3) is 0.571. The fourth-order valence-electron chi connectivity index (χ4n) is 2.04. The van der Waals surface area contributed by atoms with Crippen LogP contribution in [-0.4, -0.2) is 13.2 Å². The molecule has 96 valence electrons. The molecule has 3 heteroatoms.